The quantitative estimate of drug-likeness (QED) is 0.483. The molecule has 1 aliphatic rings. The number of rotatable bonds is 10. The van der Waals surface area contributed by atoms with E-state index < -0.39 is 0 Å². The molecular weight excluding hydrogens is 414 g/mol. The van der Waals surface area contributed by atoms with Gasteiger partial charge in [0.2, 0.25) is 5.91 Å². The highest BCUT2D eigenvalue weighted by molar-refractivity contribution is 5.79. The van der Waals surface area contributed by atoms with Crippen LogP contribution in [0.15, 0.2) is 67.4 Å². The average Bonchev–Trinajstić information content (AvgIpc) is 3.35. The van der Waals surface area contributed by atoms with Crippen molar-refractivity contribution in [1.82, 2.24) is 24.8 Å². The Hall–Kier alpha value is -3.19. The van der Waals surface area contributed by atoms with E-state index in [9.17, 15) is 4.79 Å². The Morgan fingerprint density at radius 1 is 1.18 bits per heavy atom. The second-order valence-electron chi connectivity index (χ2n) is 8.87. The number of nitrogens with zero attached hydrogens (tertiary/aromatic N) is 4. The number of benzene rings is 1. The highest BCUT2D eigenvalue weighted by Gasteiger charge is 2.32. The highest BCUT2D eigenvalue weighted by Crippen LogP contribution is 2.25. The number of ether oxygens (including phenoxy) is 1. The summed E-state index contributed by atoms with van der Waals surface area (Å²) in [5.41, 5.74) is 2.24. The summed E-state index contributed by atoms with van der Waals surface area (Å²) in [5.74, 6) is 1.16. The van der Waals surface area contributed by atoms with Gasteiger partial charge in [0.15, 0.2) is 0 Å². The molecule has 7 nitrogen and oxygen atoms in total. The third kappa shape index (κ3) is 7.15. The van der Waals surface area contributed by atoms with Crippen LogP contribution in [0.1, 0.15) is 24.1 Å². The third-order valence-corrected chi connectivity index (χ3v) is 6.05. The van der Waals surface area contributed by atoms with Crippen LogP contribution in [0.5, 0.6) is 5.75 Å². The first-order valence-electron chi connectivity index (χ1n) is 11.7. The number of nitrogens with one attached hydrogen (secondary N) is 1. The van der Waals surface area contributed by atoms with E-state index in [4.69, 9.17) is 4.74 Å². The predicted molar refractivity (Wildman–Crippen MR) is 128 cm³/mol. The molecule has 1 aromatic carbocycles. The molecule has 1 N–H and O–H groups in total. The van der Waals surface area contributed by atoms with Crippen LogP contribution in [0, 0.1) is 18.8 Å². The zero-order valence-corrected chi connectivity index (χ0v) is 19.3. The fourth-order valence-corrected chi connectivity index (χ4v) is 4.37. The molecule has 7 heteroatoms. The Bertz CT molecular complexity index is 976. The monoisotopic (exact) mass is 447 g/mol. The maximum atomic E-state index is 13.0. The summed E-state index contributed by atoms with van der Waals surface area (Å²) in [7, 11) is 0. The van der Waals surface area contributed by atoms with Crippen LogP contribution in [0.3, 0.4) is 0 Å². The molecule has 2 aromatic heterocycles. The van der Waals surface area contributed by atoms with Gasteiger partial charge in [-0.1, -0.05) is 30.3 Å². The predicted octanol–water partition coefficient (Wildman–Crippen LogP) is 3.31. The van der Waals surface area contributed by atoms with Crippen molar-refractivity contribution in [3.8, 4) is 5.75 Å². The fourth-order valence-electron chi connectivity index (χ4n) is 4.37. The third-order valence-electron chi connectivity index (χ3n) is 6.05. The van der Waals surface area contributed by atoms with Gasteiger partial charge in [-0.2, -0.15) is 0 Å². The van der Waals surface area contributed by atoms with Crippen molar-refractivity contribution in [2.24, 2.45) is 11.8 Å². The molecule has 4 rings (SSSR count). The Morgan fingerprint density at radius 3 is 2.82 bits per heavy atom. The fraction of sp³-hybridized carbons (Fsp3) is 0.423. The number of carbonyl (C=O) groups excluding carboxylic acids is 1. The minimum atomic E-state index is -0.0412. The molecule has 33 heavy (non-hydrogen) atoms. The Kier molecular flexibility index (Phi) is 8.09. The number of aromatic nitrogens is 3. The average molecular weight is 448 g/mol. The zero-order chi connectivity index (χ0) is 22.9. The summed E-state index contributed by atoms with van der Waals surface area (Å²) in [6, 6.07) is 14.4. The van der Waals surface area contributed by atoms with Crippen LogP contribution >= 0.6 is 0 Å². The molecule has 1 saturated heterocycles. The highest BCUT2D eigenvalue weighted by atomic mass is 16.5. The number of carbonyl (C=O) groups is 1. The molecule has 3 heterocycles. The van der Waals surface area contributed by atoms with E-state index in [-0.39, 0.29) is 17.7 Å². The van der Waals surface area contributed by atoms with Crippen molar-refractivity contribution in [1.29, 1.82) is 0 Å². The molecule has 0 spiro atoms. The van der Waals surface area contributed by atoms with Crippen LogP contribution in [0.25, 0.3) is 0 Å². The SMILES string of the molecule is Cc1ccc(OC[C@H]2C[C@@H](C(=O)NCCCn3ccnc3)CN(Cc3ccccc3)C2)cn1. The van der Waals surface area contributed by atoms with E-state index >= 15 is 0 Å². The number of hydrogen-bond donors (Lipinski definition) is 1. The normalized spacial score (nSPS) is 18.7. The van der Waals surface area contributed by atoms with E-state index in [0.29, 0.717) is 13.2 Å². The topological polar surface area (TPSA) is 72.3 Å². The number of amides is 1. The molecule has 174 valence electrons. The Balaban J connectivity index is 1.33. The molecule has 1 fully saturated rings. The number of piperidine rings is 1. The molecule has 0 bridgehead atoms. The number of pyridine rings is 1. The molecule has 1 aliphatic heterocycles. The van der Waals surface area contributed by atoms with Crippen LogP contribution in [0.2, 0.25) is 0 Å². The lowest BCUT2D eigenvalue weighted by Gasteiger charge is -2.37. The van der Waals surface area contributed by atoms with Crippen LogP contribution < -0.4 is 10.1 Å². The maximum absolute atomic E-state index is 13.0. The minimum absolute atomic E-state index is 0.0412. The summed E-state index contributed by atoms with van der Waals surface area (Å²) in [6.07, 6.45) is 9.01. The zero-order valence-electron chi connectivity index (χ0n) is 19.3. The van der Waals surface area contributed by atoms with Gasteiger partial charge in [0.25, 0.3) is 0 Å². The van der Waals surface area contributed by atoms with Crippen molar-refractivity contribution in [3.05, 3.63) is 78.6 Å². The van der Waals surface area contributed by atoms with E-state index in [2.05, 4.69) is 44.5 Å². The number of aryl methyl sites for hydroxylation is 2. The lowest BCUT2D eigenvalue weighted by molar-refractivity contribution is -0.127. The number of hydrogen-bond acceptors (Lipinski definition) is 5. The van der Waals surface area contributed by atoms with Gasteiger partial charge in [0.05, 0.1) is 25.0 Å². The van der Waals surface area contributed by atoms with E-state index in [1.807, 2.05) is 35.9 Å². The van der Waals surface area contributed by atoms with Gasteiger partial charge in [-0.05, 0) is 37.5 Å². The van der Waals surface area contributed by atoms with Crippen molar-refractivity contribution in [3.63, 3.8) is 0 Å². The van der Waals surface area contributed by atoms with Gasteiger partial charge in [0.1, 0.15) is 5.75 Å². The molecule has 1 amide bonds. The standard InChI is InChI=1S/C26H33N5O2/c1-21-8-9-25(15-29-21)33-19-23-14-24(18-31(17-23)16-22-6-3-2-4-7-22)26(32)28-10-5-12-30-13-11-27-20-30/h2-4,6-9,11,13,15,20,23-24H,5,10,12,14,16-19H2,1H3,(H,28,32)/t23-,24+/m0/s1. The molecule has 0 radical (unpaired) electrons. The molecule has 2 atom stereocenters. The van der Waals surface area contributed by atoms with Gasteiger partial charge in [-0.3, -0.25) is 14.7 Å². The largest absolute Gasteiger partial charge is 0.492 e. The van der Waals surface area contributed by atoms with Crippen molar-refractivity contribution < 1.29 is 9.53 Å². The van der Waals surface area contributed by atoms with Gasteiger partial charge in [-0.15, -0.1) is 0 Å². The Labute approximate surface area is 195 Å². The van der Waals surface area contributed by atoms with E-state index in [1.54, 1.807) is 18.7 Å². The minimum Gasteiger partial charge on any atom is -0.492 e. The molecule has 3 aromatic rings. The lowest BCUT2D eigenvalue weighted by Crippen LogP contribution is -2.47. The van der Waals surface area contributed by atoms with E-state index in [0.717, 1.165) is 50.5 Å². The number of imidazole rings is 1. The first-order chi connectivity index (χ1) is 16.2. The first kappa shape index (κ1) is 23.0. The van der Waals surface area contributed by atoms with Gasteiger partial charge in [-0.25, -0.2) is 4.98 Å². The van der Waals surface area contributed by atoms with Crippen molar-refractivity contribution >= 4 is 5.91 Å². The van der Waals surface area contributed by atoms with Crippen LogP contribution in [-0.2, 0) is 17.9 Å². The van der Waals surface area contributed by atoms with Crippen LogP contribution in [0.4, 0.5) is 0 Å². The summed E-state index contributed by atoms with van der Waals surface area (Å²) in [4.78, 5) is 23.8. The molecular formula is C26H33N5O2. The number of likely N-dealkylation sites (tertiary alicyclic amines) is 1. The lowest BCUT2D eigenvalue weighted by atomic mass is 9.88. The summed E-state index contributed by atoms with van der Waals surface area (Å²) in [6.45, 7) is 6.59. The van der Waals surface area contributed by atoms with Gasteiger partial charge >= 0.3 is 0 Å². The molecule has 0 unspecified atom stereocenters. The molecule has 0 saturated carbocycles. The molecule has 0 aliphatic carbocycles. The summed E-state index contributed by atoms with van der Waals surface area (Å²) < 4.78 is 8.07. The first-order valence-corrected chi connectivity index (χ1v) is 11.7. The second-order valence-corrected chi connectivity index (χ2v) is 8.87. The van der Waals surface area contributed by atoms with Gasteiger partial charge in [0, 0.05) is 56.7 Å². The van der Waals surface area contributed by atoms with E-state index in [1.165, 1.54) is 5.56 Å². The maximum Gasteiger partial charge on any atom is 0.224 e. The van der Waals surface area contributed by atoms with Crippen LogP contribution in [-0.4, -0.2) is 51.6 Å². The Morgan fingerprint density at radius 2 is 2.06 bits per heavy atom. The second kappa shape index (κ2) is 11.6. The van der Waals surface area contributed by atoms with Crippen molar-refractivity contribution in [2.75, 3.05) is 26.2 Å². The van der Waals surface area contributed by atoms with Crippen molar-refractivity contribution in [2.45, 2.75) is 32.9 Å². The smallest absolute Gasteiger partial charge is 0.224 e. The summed E-state index contributed by atoms with van der Waals surface area (Å²) in [5, 5.41) is 3.15. The van der Waals surface area contributed by atoms with Gasteiger partial charge < -0.3 is 14.6 Å². The summed E-state index contributed by atoms with van der Waals surface area (Å²) >= 11 is 0.